The van der Waals surface area contributed by atoms with Gasteiger partial charge in [0.2, 0.25) is 0 Å². The van der Waals surface area contributed by atoms with Gasteiger partial charge in [-0.3, -0.25) is 0 Å². The zero-order valence-electron chi connectivity index (χ0n) is 9.35. The number of hydrogen-bond donors (Lipinski definition) is 2. The molecule has 0 spiro atoms. The van der Waals surface area contributed by atoms with Gasteiger partial charge >= 0.3 is 0 Å². The van der Waals surface area contributed by atoms with Crippen molar-refractivity contribution in [2.24, 2.45) is 0 Å². The van der Waals surface area contributed by atoms with Crippen LogP contribution < -0.4 is 10.6 Å². The second-order valence-corrected chi connectivity index (χ2v) is 6.39. The minimum atomic E-state index is 0.596. The molecular formula is C11H19BrN2S. The van der Waals surface area contributed by atoms with Gasteiger partial charge in [-0.2, -0.15) is 0 Å². The monoisotopic (exact) mass is 290 g/mol. The molecule has 0 aromatic carbocycles. The molecule has 0 fully saturated rings. The van der Waals surface area contributed by atoms with Crippen molar-refractivity contribution in [3.05, 3.63) is 20.8 Å². The third-order valence-electron chi connectivity index (χ3n) is 2.01. The van der Waals surface area contributed by atoms with Crippen molar-refractivity contribution < 1.29 is 0 Å². The molecule has 15 heavy (non-hydrogen) atoms. The molecule has 0 radical (unpaired) electrons. The molecule has 0 atom stereocenters. The Morgan fingerprint density at radius 3 is 2.73 bits per heavy atom. The summed E-state index contributed by atoms with van der Waals surface area (Å²) in [6, 6.07) is 4.86. The van der Waals surface area contributed by atoms with Gasteiger partial charge in [-0.25, -0.2) is 0 Å². The van der Waals surface area contributed by atoms with Crippen LogP contribution >= 0.6 is 27.3 Å². The van der Waals surface area contributed by atoms with E-state index in [-0.39, 0.29) is 0 Å². The standard InChI is InChI=1S/C11H19BrN2S/c1-9(2)14-7-3-6-13-8-10-4-5-11(12)15-10/h4-5,9,13-14H,3,6-8H2,1-2H3. The number of nitrogens with one attached hydrogen (secondary N) is 2. The van der Waals surface area contributed by atoms with Crippen molar-refractivity contribution in [1.82, 2.24) is 10.6 Å². The highest BCUT2D eigenvalue weighted by atomic mass is 79.9. The highest BCUT2D eigenvalue weighted by molar-refractivity contribution is 9.11. The molecule has 0 unspecified atom stereocenters. The lowest BCUT2D eigenvalue weighted by atomic mass is 10.3. The van der Waals surface area contributed by atoms with E-state index in [2.05, 4.69) is 52.5 Å². The molecule has 2 nitrogen and oxygen atoms in total. The van der Waals surface area contributed by atoms with Crippen LogP contribution in [0, 0.1) is 0 Å². The van der Waals surface area contributed by atoms with Gasteiger partial charge in [-0.1, -0.05) is 13.8 Å². The maximum Gasteiger partial charge on any atom is 0.0701 e. The first kappa shape index (κ1) is 13.2. The van der Waals surface area contributed by atoms with E-state index in [1.165, 1.54) is 15.1 Å². The van der Waals surface area contributed by atoms with Crippen molar-refractivity contribution in [2.45, 2.75) is 32.9 Å². The Balaban J connectivity index is 1.98. The van der Waals surface area contributed by atoms with Crippen LogP contribution in [0.4, 0.5) is 0 Å². The van der Waals surface area contributed by atoms with Crippen molar-refractivity contribution in [1.29, 1.82) is 0 Å². The smallest absolute Gasteiger partial charge is 0.0701 e. The van der Waals surface area contributed by atoms with Crippen LogP contribution in [-0.4, -0.2) is 19.1 Å². The van der Waals surface area contributed by atoms with Crippen LogP contribution in [0.2, 0.25) is 0 Å². The topological polar surface area (TPSA) is 24.1 Å². The summed E-state index contributed by atoms with van der Waals surface area (Å²) in [4.78, 5) is 1.39. The lowest BCUT2D eigenvalue weighted by Gasteiger charge is -2.07. The summed E-state index contributed by atoms with van der Waals surface area (Å²) >= 11 is 5.26. The van der Waals surface area contributed by atoms with Crippen LogP contribution in [0.5, 0.6) is 0 Å². The summed E-state index contributed by atoms with van der Waals surface area (Å²) in [5, 5.41) is 6.84. The van der Waals surface area contributed by atoms with E-state index in [4.69, 9.17) is 0 Å². The van der Waals surface area contributed by atoms with Crippen LogP contribution in [0.25, 0.3) is 0 Å². The molecule has 86 valence electrons. The van der Waals surface area contributed by atoms with E-state index in [0.29, 0.717) is 6.04 Å². The molecule has 2 N–H and O–H groups in total. The quantitative estimate of drug-likeness (QED) is 0.755. The van der Waals surface area contributed by atoms with Gasteiger partial charge in [0.25, 0.3) is 0 Å². The van der Waals surface area contributed by atoms with Gasteiger partial charge in [0.1, 0.15) is 0 Å². The van der Waals surface area contributed by atoms with E-state index in [1.807, 2.05) is 0 Å². The van der Waals surface area contributed by atoms with Gasteiger partial charge in [-0.15, -0.1) is 11.3 Å². The van der Waals surface area contributed by atoms with Gasteiger partial charge in [0.05, 0.1) is 3.79 Å². The molecule has 0 aliphatic heterocycles. The van der Waals surface area contributed by atoms with Gasteiger partial charge < -0.3 is 10.6 Å². The van der Waals surface area contributed by atoms with E-state index >= 15 is 0 Å². The number of thiophene rings is 1. The first-order valence-corrected chi connectivity index (χ1v) is 6.97. The molecule has 0 aliphatic carbocycles. The first-order chi connectivity index (χ1) is 7.18. The molecule has 1 aromatic heterocycles. The van der Waals surface area contributed by atoms with Gasteiger partial charge in [0.15, 0.2) is 0 Å². The van der Waals surface area contributed by atoms with Crippen molar-refractivity contribution in [3.8, 4) is 0 Å². The molecule has 1 aromatic rings. The third kappa shape index (κ3) is 6.30. The molecule has 0 saturated heterocycles. The molecule has 1 heterocycles. The van der Waals surface area contributed by atoms with Crippen LogP contribution in [-0.2, 0) is 6.54 Å². The summed E-state index contributed by atoms with van der Waals surface area (Å²) in [5.74, 6) is 0. The summed E-state index contributed by atoms with van der Waals surface area (Å²) in [6.07, 6.45) is 1.19. The molecule has 0 aliphatic rings. The fourth-order valence-corrected chi connectivity index (χ4v) is 2.72. The zero-order valence-corrected chi connectivity index (χ0v) is 11.7. The SMILES string of the molecule is CC(C)NCCCNCc1ccc(Br)s1. The Hall–Kier alpha value is 0.1000. The normalized spacial score (nSPS) is 11.2. The first-order valence-electron chi connectivity index (χ1n) is 5.37. The highest BCUT2D eigenvalue weighted by Gasteiger charge is 1.96. The highest BCUT2D eigenvalue weighted by Crippen LogP contribution is 2.21. The average molecular weight is 291 g/mol. The maximum absolute atomic E-state index is 3.46. The molecule has 0 saturated carbocycles. The molecule has 0 bridgehead atoms. The lowest BCUT2D eigenvalue weighted by Crippen LogP contribution is -2.26. The number of rotatable bonds is 7. The molecular weight excluding hydrogens is 272 g/mol. The second kappa shape index (κ2) is 7.39. The predicted octanol–water partition coefficient (Wildman–Crippen LogP) is 2.99. The van der Waals surface area contributed by atoms with Gasteiger partial charge in [-0.05, 0) is 47.6 Å². The summed E-state index contributed by atoms with van der Waals surface area (Å²) < 4.78 is 1.21. The van der Waals surface area contributed by atoms with Crippen molar-refractivity contribution in [3.63, 3.8) is 0 Å². The minimum absolute atomic E-state index is 0.596. The average Bonchev–Trinajstić information content (AvgIpc) is 2.57. The Labute approximate surface area is 105 Å². The molecule has 4 heteroatoms. The predicted molar refractivity (Wildman–Crippen MR) is 71.5 cm³/mol. The second-order valence-electron chi connectivity index (χ2n) is 3.84. The van der Waals surface area contributed by atoms with E-state index in [9.17, 15) is 0 Å². The number of hydrogen-bond acceptors (Lipinski definition) is 3. The Morgan fingerprint density at radius 1 is 1.33 bits per heavy atom. The lowest BCUT2D eigenvalue weighted by molar-refractivity contribution is 0.548. The Kier molecular flexibility index (Phi) is 6.48. The largest absolute Gasteiger partial charge is 0.314 e. The maximum atomic E-state index is 3.46. The summed E-state index contributed by atoms with van der Waals surface area (Å²) in [7, 11) is 0. The van der Waals surface area contributed by atoms with E-state index in [1.54, 1.807) is 11.3 Å². The number of halogens is 1. The van der Waals surface area contributed by atoms with Crippen LogP contribution in [0.15, 0.2) is 15.9 Å². The molecule has 0 amide bonds. The fraction of sp³-hybridized carbons (Fsp3) is 0.636. The summed E-state index contributed by atoms with van der Waals surface area (Å²) in [5.41, 5.74) is 0. The third-order valence-corrected chi connectivity index (χ3v) is 3.63. The van der Waals surface area contributed by atoms with E-state index in [0.717, 1.165) is 19.6 Å². The van der Waals surface area contributed by atoms with Crippen LogP contribution in [0.1, 0.15) is 25.1 Å². The minimum Gasteiger partial charge on any atom is -0.314 e. The Morgan fingerprint density at radius 2 is 2.13 bits per heavy atom. The van der Waals surface area contributed by atoms with Gasteiger partial charge in [0, 0.05) is 17.5 Å². The summed E-state index contributed by atoms with van der Waals surface area (Å²) in [6.45, 7) is 7.51. The van der Waals surface area contributed by atoms with E-state index < -0.39 is 0 Å². The fourth-order valence-electron chi connectivity index (χ4n) is 1.26. The van der Waals surface area contributed by atoms with Crippen molar-refractivity contribution in [2.75, 3.05) is 13.1 Å². The van der Waals surface area contributed by atoms with Crippen LogP contribution in [0.3, 0.4) is 0 Å². The Bertz CT molecular complexity index is 273. The molecule has 1 rings (SSSR count). The zero-order chi connectivity index (χ0) is 11.1. The van der Waals surface area contributed by atoms with Crippen molar-refractivity contribution >= 4 is 27.3 Å².